The zero-order valence-electron chi connectivity index (χ0n) is 9.60. The van der Waals surface area contributed by atoms with Crippen molar-refractivity contribution < 1.29 is 4.74 Å². The van der Waals surface area contributed by atoms with E-state index in [4.69, 9.17) is 4.74 Å². The first-order valence-electron chi connectivity index (χ1n) is 5.55. The van der Waals surface area contributed by atoms with Crippen LogP contribution in [-0.4, -0.2) is 25.8 Å². The smallest absolute Gasteiger partial charge is 0.0699 e. The van der Waals surface area contributed by atoms with Crippen LogP contribution in [0.25, 0.3) is 0 Å². The Kier molecular flexibility index (Phi) is 8.46. The van der Waals surface area contributed by atoms with Gasteiger partial charge in [0.2, 0.25) is 0 Å². The SMILES string of the molecule is CCCCCOC(C)C(CC)NC. The third kappa shape index (κ3) is 6.05. The molecule has 0 aromatic heterocycles. The number of rotatable bonds is 8. The molecule has 0 aliphatic carbocycles. The molecule has 2 atom stereocenters. The molecule has 0 aliphatic heterocycles. The molecule has 0 radical (unpaired) electrons. The predicted molar refractivity (Wildman–Crippen MR) is 58.1 cm³/mol. The lowest BCUT2D eigenvalue weighted by Crippen LogP contribution is -2.37. The van der Waals surface area contributed by atoms with E-state index in [0.717, 1.165) is 13.0 Å². The van der Waals surface area contributed by atoms with Gasteiger partial charge in [-0.3, -0.25) is 0 Å². The molecule has 2 unspecified atom stereocenters. The van der Waals surface area contributed by atoms with Crippen LogP contribution in [0, 0.1) is 0 Å². The first-order chi connectivity index (χ1) is 6.26. The summed E-state index contributed by atoms with van der Waals surface area (Å²) in [5.74, 6) is 0. The molecule has 0 saturated carbocycles. The van der Waals surface area contributed by atoms with Crippen LogP contribution in [0.5, 0.6) is 0 Å². The topological polar surface area (TPSA) is 21.3 Å². The minimum atomic E-state index is 0.340. The van der Waals surface area contributed by atoms with Crippen LogP contribution < -0.4 is 5.32 Å². The molecule has 0 amide bonds. The van der Waals surface area contributed by atoms with Crippen molar-refractivity contribution in [1.82, 2.24) is 5.32 Å². The van der Waals surface area contributed by atoms with Gasteiger partial charge in [-0.25, -0.2) is 0 Å². The maximum atomic E-state index is 5.73. The highest BCUT2D eigenvalue weighted by Gasteiger charge is 2.12. The summed E-state index contributed by atoms with van der Waals surface area (Å²) in [5, 5.41) is 3.27. The Morgan fingerprint density at radius 2 is 1.92 bits per heavy atom. The highest BCUT2D eigenvalue weighted by molar-refractivity contribution is 4.69. The van der Waals surface area contributed by atoms with Crippen LogP contribution in [0.4, 0.5) is 0 Å². The van der Waals surface area contributed by atoms with Gasteiger partial charge in [-0.15, -0.1) is 0 Å². The number of likely N-dealkylation sites (N-methyl/N-ethyl adjacent to an activating group) is 1. The second-order valence-electron chi connectivity index (χ2n) is 3.59. The Morgan fingerprint density at radius 3 is 2.38 bits per heavy atom. The molecule has 0 heterocycles. The van der Waals surface area contributed by atoms with Gasteiger partial charge in [-0.2, -0.15) is 0 Å². The van der Waals surface area contributed by atoms with Crippen LogP contribution in [-0.2, 0) is 4.74 Å². The molecule has 0 fully saturated rings. The molecular weight excluding hydrogens is 162 g/mol. The molecular formula is C11H25NO. The van der Waals surface area contributed by atoms with Gasteiger partial charge in [0, 0.05) is 12.6 Å². The Hall–Kier alpha value is -0.0800. The summed E-state index contributed by atoms with van der Waals surface area (Å²) in [6, 6.07) is 0.502. The Labute approximate surface area is 83.1 Å². The largest absolute Gasteiger partial charge is 0.377 e. The highest BCUT2D eigenvalue weighted by Crippen LogP contribution is 2.04. The zero-order chi connectivity index (χ0) is 10.1. The average Bonchev–Trinajstić information content (AvgIpc) is 2.14. The van der Waals surface area contributed by atoms with Crippen molar-refractivity contribution >= 4 is 0 Å². The van der Waals surface area contributed by atoms with Gasteiger partial charge < -0.3 is 10.1 Å². The molecule has 0 aromatic carbocycles. The minimum Gasteiger partial charge on any atom is -0.377 e. The molecule has 0 spiro atoms. The van der Waals surface area contributed by atoms with Gasteiger partial charge in [0.1, 0.15) is 0 Å². The fourth-order valence-corrected chi connectivity index (χ4v) is 1.51. The summed E-state index contributed by atoms with van der Waals surface area (Å²) in [4.78, 5) is 0. The van der Waals surface area contributed by atoms with Crippen LogP contribution >= 0.6 is 0 Å². The van der Waals surface area contributed by atoms with Crippen molar-refractivity contribution in [3.05, 3.63) is 0 Å². The summed E-state index contributed by atoms with van der Waals surface area (Å²) >= 11 is 0. The van der Waals surface area contributed by atoms with E-state index in [1.165, 1.54) is 19.3 Å². The van der Waals surface area contributed by atoms with Gasteiger partial charge in [-0.05, 0) is 26.8 Å². The Morgan fingerprint density at radius 1 is 1.23 bits per heavy atom. The number of hydrogen-bond acceptors (Lipinski definition) is 2. The third-order valence-corrected chi connectivity index (χ3v) is 2.51. The van der Waals surface area contributed by atoms with Crippen LogP contribution in [0.15, 0.2) is 0 Å². The van der Waals surface area contributed by atoms with Crippen LogP contribution in [0.3, 0.4) is 0 Å². The maximum Gasteiger partial charge on any atom is 0.0699 e. The molecule has 0 rings (SSSR count). The zero-order valence-corrected chi connectivity index (χ0v) is 9.60. The van der Waals surface area contributed by atoms with E-state index in [0.29, 0.717) is 12.1 Å². The molecule has 2 heteroatoms. The highest BCUT2D eigenvalue weighted by atomic mass is 16.5. The van der Waals surface area contributed by atoms with E-state index in [1.54, 1.807) is 0 Å². The third-order valence-electron chi connectivity index (χ3n) is 2.51. The summed E-state index contributed by atoms with van der Waals surface area (Å²) < 4.78 is 5.73. The maximum absolute atomic E-state index is 5.73. The molecule has 0 saturated heterocycles. The van der Waals surface area contributed by atoms with E-state index in [2.05, 4.69) is 26.1 Å². The van der Waals surface area contributed by atoms with E-state index in [1.807, 2.05) is 7.05 Å². The van der Waals surface area contributed by atoms with Crippen molar-refractivity contribution in [2.75, 3.05) is 13.7 Å². The number of nitrogens with one attached hydrogen (secondary N) is 1. The number of unbranched alkanes of at least 4 members (excludes halogenated alkanes) is 2. The number of ether oxygens (including phenoxy) is 1. The second-order valence-corrected chi connectivity index (χ2v) is 3.59. The van der Waals surface area contributed by atoms with Gasteiger partial charge >= 0.3 is 0 Å². The van der Waals surface area contributed by atoms with Gasteiger partial charge in [0.15, 0.2) is 0 Å². The summed E-state index contributed by atoms with van der Waals surface area (Å²) in [6.45, 7) is 7.46. The van der Waals surface area contributed by atoms with Crippen molar-refractivity contribution in [3.8, 4) is 0 Å². The van der Waals surface area contributed by atoms with E-state index >= 15 is 0 Å². The Bertz CT molecular complexity index is 102. The monoisotopic (exact) mass is 187 g/mol. The molecule has 13 heavy (non-hydrogen) atoms. The lowest BCUT2D eigenvalue weighted by Gasteiger charge is -2.22. The average molecular weight is 187 g/mol. The summed E-state index contributed by atoms with van der Waals surface area (Å²) in [7, 11) is 2.00. The summed E-state index contributed by atoms with van der Waals surface area (Å²) in [6.07, 6.45) is 5.21. The lowest BCUT2D eigenvalue weighted by atomic mass is 10.1. The van der Waals surface area contributed by atoms with E-state index in [-0.39, 0.29) is 0 Å². The predicted octanol–water partition coefficient (Wildman–Crippen LogP) is 2.58. The lowest BCUT2D eigenvalue weighted by molar-refractivity contribution is 0.0376. The first-order valence-corrected chi connectivity index (χ1v) is 5.55. The quantitative estimate of drug-likeness (QED) is 0.590. The second kappa shape index (κ2) is 8.52. The standard InChI is InChI=1S/C11H25NO/c1-5-7-8-9-13-10(3)11(6-2)12-4/h10-12H,5-9H2,1-4H3. The number of hydrogen-bond donors (Lipinski definition) is 1. The minimum absolute atomic E-state index is 0.340. The van der Waals surface area contributed by atoms with E-state index < -0.39 is 0 Å². The Balaban J connectivity index is 3.42. The molecule has 0 aromatic rings. The molecule has 1 N–H and O–H groups in total. The van der Waals surface area contributed by atoms with Gasteiger partial charge in [0.25, 0.3) is 0 Å². The molecule has 80 valence electrons. The van der Waals surface area contributed by atoms with Crippen LogP contribution in [0.1, 0.15) is 46.5 Å². The fraction of sp³-hybridized carbons (Fsp3) is 1.00. The van der Waals surface area contributed by atoms with Crippen molar-refractivity contribution in [2.24, 2.45) is 0 Å². The van der Waals surface area contributed by atoms with Crippen molar-refractivity contribution in [2.45, 2.75) is 58.6 Å². The van der Waals surface area contributed by atoms with Gasteiger partial charge in [0.05, 0.1) is 6.10 Å². The molecule has 2 nitrogen and oxygen atoms in total. The van der Waals surface area contributed by atoms with E-state index in [9.17, 15) is 0 Å². The first kappa shape index (κ1) is 12.9. The fourth-order valence-electron chi connectivity index (χ4n) is 1.51. The normalized spacial score (nSPS) is 15.7. The van der Waals surface area contributed by atoms with Crippen LogP contribution in [0.2, 0.25) is 0 Å². The van der Waals surface area contributed by atoms with Crippen molar-refractivity contribution in [3.63, 3.8) is 0 Å². The van der Waals surface area contributed by atoms with Crippen molar-refractivity contribution in [1.29, 1.82) is 0 Å². The molecule has 0 bridgehead atoms. The molecule has 0 aliphatic rings. The van der Waals surface area contributed by atoms with Gasteiger partial charge in [-0.1, -0.05) is 26.7 Å². The summed E-state index contributed by atoms with van der Waals surface area (Å²) in [5.41, 5.74) is 0.